The van der Waals surface area contributed by atoms with Crippen molar-refractivity contribution < 1.29 is 13.3 Å². The summed E-state index contributed by atoms with van der Waals surface area (Å²) in [6.07, 6.45) is 1.87. The predicted octanol–water partition coefficient (Wildman–Crippen LogP) is 23.9. The number of fused-ring (bicyclic) bond motifs is 8. The summed E-state index contributed by atoms with van der Waals surface area (Å²) in [7, 11) is 4.04. The first-order chi connectivity index (χ1) is 51.1. The molecule has 8 aromatic carbocycles. The van der Waals surface area contributed by atoms with Crippen LogP contribution in [0.4, 0.5) is 4.39 Å². The molecule has 0 saturated heterocycles. The minimum atomic E-state index is -0.207. The third-order valence-electron chi connectivity index (χ3n) is 18.8. The highest BCUT2D eigenvalue weighted by Crippen LogP contribution is 2.36. The van der Waals surface area contributed by atoms with Crippen molar-refractivity contribution in [2.75, 3.05) is 0 Å². The number of halogens is 1. The zero-order valence-electron chi connectivity index (χ0n) is 70.7. The second-order valence-electron chi connectivity index (χ2n) is 36.9. The number of para-hydroxylation sites is 3. The van der Waals surface area contributed by atoms with Crippen LogP contribution in [0, 0.1) is 26.6 Å². The van der Waals surface area contributed by atoms with Crippen LogP contribution in [0.15, 0.2) is 173 Å². The third kappa shape index (κ3) is 20.2. The number of oxazole rings is 1. The average molecular weight is 1490 g/mol. The Morgan fingerprint density at radius 1 is 0.391 bits per heavy atom. The van der Waals surface area contributed by atoms with Crippen LogP contribution < -0.4 is 0 Å². The van der Waals surface area contributed by atoms with Crippen molar-refractivity contribution in [1.82, 2.24) is 75.5 Å². The highest BCUT2D eigenvalue weighted by molar-refractivity contribution is 5.86. The van der Waals surface area contributed by atoms with E-state index in [1.54, 1.807) is 6.07 Å². The standard InChI is InChI=1S/4C12H16N2.C12H15NO.C11H13FN2.C11H13NO.C10H13N3/c1-8-5-6-10-9(7-8)11(14-13-10)12(2,3)4;1-8-5-6-9-10(7-8)13-14-11(9)12(2,3)4;1-12(2,3)9-6-5-7-10-11(9)13-8-14(10)4;1-12(2,3)11-9-7-5-6-8-10(9)13-14(11)4;1-8-13-10-6-5-9(12(2,3)4)7-11(10)14-8;1-11(2,3)10-9-7(12)5-4-6-8(9)13-14-10;1-11(2,3)10-8-6-4-5-7-9(8)13-12-10;1-10(2,3)7-5-4-6-8-9(7)12-13-11-8/h2*5-7H,1-4H3,(H,13,14);2*5-8H,1-4H3;5-7H,1-4H3;4-6H,1-3H3,(H,13,14);4-7H,1-3H3;4-6H,1-3H3,(H,11,12,13). The predicted molar refractivity (Wildman–Crippen MR) is 455 cm³/mol. The Kier molecular flexibility index (Phi) is 24.7. The normalized spacial score (nSPS) is 12.3. The number of imidazole rings is 1. The number of aromatic amines is 4. The summed E-state index contributed by atoms with van der Waals surface area (Å²) < 4.78 is 28.3. The lowest BCUT2D eigenvalue weighted by Crippen LogP contribution is -2.16. The molecule has 0 fully saturated rings. The molecule has 0 atom stereocenters. The van der Waals surface area contributed by atoms with Gasteiger partial charge < -0.3 is 13.5 Å². The molecule has 0 aliphatic rings. The summed E-state index contributed by atoms with van der Waals surface area (Å²) in [4.78, 5) is 8.72. The number of hydrogen-bond donors (Lipinski definition) is 4. The van der Waals surface area contributed by atoms with E-state index in [1.807, 2.05) is 107 Å². The van der Waals surface area contributed by atoms with Gasteiger partial charge in [0.15, 0.2) is 17.1 Å². The van der Waals surface area contributed by atoms with Gasteiger partial charge in [0.05, 0.1) is 61.9 Å². The zero-order chi connectivity index (χ0) is 81.0. The molecule has 580 valence electrons. The maximum atomic E-state index is 13.6. The fraction of sp³-hybridized carbons (Fsp3) is 0.402. The molecule has 0 amide bonds. The summed E-state index contributed by atoms with van der Waals surface area (Å²) in [5.41, 5.74) is 23.6. The topological polar surface area (TPSA) is 215 Å². The van der Waals surface area contributed by atoms with Gasteiger partial charge in [0.25, 0.3) is 0 Å². The average Bonchev–Trinajstić information content (AvgIpc) is 1.66. The van der Waals surface area contributed by atoms with Gasteiger partial charge >= 0.3 is 0 Å². The van der Waals surface area contributed by atoms with E-state index in [9.17, 15) is 4.39 Å². The molecule has 0 saturated carbocycles. The molecule has 0 bridgehead atoms. The number of nitrogens with one attached hydrogen (secondary N) is 4. The van der Waals surface area contributed by atoms with Gasteiger partial charge in [0.1, 0.15) is 22.4 Å². The molecular formula is C92H118FN15O2. The second kappa shape index (κ2) is 32.5. The lowest BCUT2D eigenvalue weighted by atomic mass is 9.86. The first-order valence-electron chi connectivity index (χ1n) is 38.0. The van der Waals surface area contributed by atoms with E-state index in [0.29, 0.717) is 10.9 Å². The molecule has 0 aliphatic heterocycles. The molecule has 8 aromatic heterocycles. The summed E-state index contributed by atoms with van der Waals surface area (Å²) >= 11 is 0. The lowest BCUT2D eigenvalue weighted by molar-refractivity contribution is 0.419. The van der Waals surface area contributed by atoms with Gasteiger partial charge in [-0.1, -0.05) is 262 Å². The molecule has 17 nitrogen and oxygen atoms in total. The van der Waals surface area contributed by atoms with Crippen molar-refractivity contribution in [2.45, 2.75) is 230 Å². The first-order valence-corrected chi connectivity index (χ1v) is 38.0. The third-order valence-corrected chi connectivity index (χ3v) is 18.8. The summed E-state index contributed by atoms with van der Waals surface area (Å²) in [5.74, 6) is 0.521. The fourth-order valence-electron chi connectivity index (χ4n) is 13.2. The van der Waals surface area contributed by atoms with Gasteiger partial charge in [0, 0.05) is 81.0 Å². The maximum Gasteiger partial charge on any atom is 0.192 e. The number of hydrogen-bond acceptors (Lipinski definition) is 11. The van der Waals surface area contributed by atoms with E-state index in [0.717, 1.165) is 72.4 Å². The molecule has 0 aliphatic carbocycles. The molecular weight excluding hydrogens is 1370 g/mol. The molecule has 16 aromatic rings. The molecule has 110 heavy (non-hydrogen) atoms. The molecule has 18 heteroatoms. The van der Waals surface area contributed by atoms with E-state index in [-0.39, 0.29) is 49.1 Å². The van der Waals surface area contributed by atoms with E-state index < -0.39 is 0 Å². The molecule has 0 radical (unpaired) electrons. The van der Waals surface area contributed by atoms with Crippen LogP contribution in [0.1, 0.15) is 228 Å². The van der Waals surface area contributed by atoms with Crippen LogP contribution >= 0.6 is 0 Å². The van der Waals surface area contributed by atoms with Crippen LogP contribution in [0.2, 0.25) is 0 Å². The van der Waals surface area contributed by atoms with Gasteiger partial charge in [-0.05, 0) is 125 Å². The van der Waals surface area contributed by atoms with Crippen molar-refractivity contribution in [3.63, 3.8) is 0 Å². The quantitative estimate of drug-likeness (QED) is 0.112. The van der Waals surface area contributed by atoms with Crippen LogP contribution in [0.25, 0.3) is 87.7 Å². The van der Waals surface area contributed by atoms with Gasteiger partial charge in [-0.2, -0.15) is 35.8 Å². The van der Waals surface area contributed by atoms with Crippen molar-refractivity contribution in [3.05, 3.63) is 232 Å². The molecule has 8 heterocycles. The van der Waals surface area contributed by atoms with Crippen LogP contribution in [0.3, 0.4) is 0 Å². The van der Waals surface area contributed by atoms with Crippen LogP contribution in [0.5, 0.6) is 0 Å². The number of nitrogens with zero attached hydrogens (tertiary/aromatic N) is 11. The Balaban J connectivity index is 0.000000145. The number of H-pyrrole nitrogens is 4. The SMILES string of the molecule is CC(C)(C)c1[nH]nc2cccc(F)c12.CC(C)(C)c1cccc2n[nH]nc12.CC(C)(C)c1noc2ccccc12.Cc1ccc2c(C(C)(C)C)[nH]nc2c1.Cc1ccc2n[nH]c(C(C)(C)C)c2c1.Cc1nc2ccc(C(C)(C)C)cc2o1.Cn1cnc2c(C(C)(C)C)cccc21.Cn1nc2ccccc2c1C(C)(C)C. The smallest absolute Gasteiger partial charge is 0.192 e. The van der Waals surface area contributed by atoms with E-state index in [2.05, 4.69) is 321 Å². The minimum absolute atomic E-state index is 0.0482. The fourth-order valence-corrected chi connectivity index (χ4v) is 13.2. The highest BCUT2D eigenvalue weighted by Gasteiger charge is 2.27. The van der Waals surface area contributed by atoms with Crippen molar-refractivity contribution in [2.24, 2.45) is 14.1 Å². The minimum Gasteiger partial charge on any atom is -0.441 e. The monoisotopic (exact) mass is 1480 g/mol. The van der Waals surface area contributed by atoms with Crippen LogP contribution in [-0.4, -0.2) is 75.5 Å². The maximum absolute atomic E-state index is 13.6. The van der Waals surface area contributed by atoms with Gasteiger partial charge in [-0.15, -0.1) is 0 Å². The molecule has 0 unspecified atom stereocenters. The summed E-state index contributed by atoms with van der Waals surface area (Å²) in [5, 5.41) is 46.8. The summed E-state index contributed by atoms with van der Waals surface area (Å²) in [6.45, 7) is 58.2. The van der Waals surface area contributed by atoms with Gasteiger partial charge in [-0.3, -0.25) is 20.0 Å². The molecule has 16 rings (SSSR count). The number of rotatable bonds is 0. The van der Waals surface area contributed by atoms with Gasteiger partial charge in [0.2, 0.25) is 0 Å². The van der Waals surface area contributed by atoms with E-state index in [1.165, 1.54) is 72.6 Å². The number of aromatic nitrogens is 15. The Morgan fingerprint density at radius 3 is 1.55 bits per heavy atom. The Hall–Kier alpha value is -10.6. The Morgan fingerprint density at radius 2 is 0.927 bits per heavy atom. The van der Waals surface area contributed by atoms with Crippen LogP contribution in [-0.2, 0) is 57.4 Å². The zero-order valence-corrected chi connectivity index (χ0v) is 70.7. The lowest BCUT2D eigenvalue weighted by Gasteiger charge is -2.19. The van der Waals surface area contributed by atoms with E-state index in [4.69, 9.17) is 8.94 Å². The largest absolute Gasteiger partial charge is 0.441 e. The van der Waals surface area contributed by atoms with Crippen molar-refractivity contribution in [3.8, 4) is 0 Å². The second-order valence-corrected chi connectivity index (χ2v) is 36.9. The van der Waals surface area contributed by atoms with E-state index >= 15 is 0 Å². The molecule has 4 N–H and O–H groups in total. The first kappa shape index (κ1) is 83.4. The Labute approximate surface area is 649 Å². The summed E-state index contributed by atoms with van der Waals surface area (Å²) in [6, 6.07) is 52.6. The molecule has 0 spiro atoms. The van der Waals surface area contributed by atoms with Gasteiger partial charge in [-0.25, -0.2) is 14.4 Å². The number of aryl methyl sites for hydroxylation is 5. The number of benzene rings is 8. The van der Waals surface area contributed by atoms with Crippen molar-refractivity contribution >= 4 is 87.7 Å². The van der Waals surface area contributed by atoms with Crippen molar-refractivity contribution in [1.29, 1.82) is 0 Å². The highest BCUT2D eigenvalue weighted by atomic mass is 19.1. The Bertz CT molecular complexity index is 5740.